The monoisotopic (exact) mass is 523 g/mol. The SMILES string of the molecule is C=CCn1c(SCC(=O)Nc2cc(C(F)(F)F)ccc2Cl)nnc1[C@@H](C)NC(=O)c1ccccc1. The van der Waals surface area contributed by atoms with Crippen LogP contribution in [0.1, 0.15) is 34.7 Å². The number of thioether (sulfide) groups is 1. The van der Waals surface area contributed by atoms with E-state index in [1.165, 1.54) is 0 Å². The minimum atomic E-state index is -4.57. The Morgan fingerprint density at radius 3 is 2.57 bits per heavy atom. The van der Waals surface area contributed by atoms with Crippen LogP contribution in [0.15, 0.2) is 66.3 Å². The van der Waals surface area contributed by atoms with Crippen molar-refractivity contribution in [1.82, 2.24) is 20.1 Å². The number of nitrogens with one attached hydrogen (secondary N) is 2. The first-order valence-electron chi connectivity index (χ1n) is 10.3. The smallest absolute Gasteiger partial charge is 0.342 e. The number of anilines is 1. The molecule has 0 saturated heterocycles. The molecule has 2 aromatic carbocycles. The summed E-state index contributed by atoms with van der Waals surface area (Å²) in [6.45, 7) is 5.78. The Morgan fingerprint density at radius 2 is 1.91 bits per heavy atom. The molecule has 1 atom stereocenters. The van der Waals surface area contributed by atoms with Crippen LogP contribution in [0.25, 0.3) is 0 Å². The van der Waals surface area contributed by atoms with Gasteiger partial charge < -0.3 is 15.2 Å². The lowest BCUT2D eigenvalue weighted by molar-refractivity contribution is -0.137. The quantitative estimate of drug-likeness (QED) is 0.291. The third-order valence-corrected chi connectivity index (χ3v) is 6.02. The van der Waals surface area contributed by atoms with Crippen LogP contribution in [0, 0.1) is 0 Å². The van der Waals surface area contributed by atoms with Gasteiger partial charge in [-0.2, -0.15) is 13.2 Å². The number of amides is 2. The lowest BCUT2D eigenvalue weighted by Crippen LogP contribution is -2.28. The highest BCUT2D eigenvalue weighted by Gasteiger charge is 2.31. The maximum atomic E-state index is 13.0. The average Bonchev–Trinajstić information content (AvgIpc) is 3.22. The number of hydrogen-bond donors (Lipinski definition) is 2. The second kappa shape index (κ2) is 11.4. The summed E-state index contributed by atoms with van der Waals surface area (Å²) >= 11 is 6.97. The van der Waals surface area contributed by atoms with Crippen molar-refractivity contribution in [3.63, 3.8) is 0 Å². The summed E-state index contributed by atoms with van der Waals surface area (Å²) in [5.74, 6) is -0.556. The number of halogens is 4. The third kappa shape index (κ3) is 6.86. The predicted molar refractivity (Wildman–Crippen MR) is 128 cm³/mol. The Hall–Kier alpha value is -3.31. The molecule has 35 heavy (non-hydrogen) atoms. The summed E-state index contributed by atoms with van der Waals surface area (Å²) in [4.78, 5) is 24.9. The van der Waals surface area contributed by atoms with E-state index in [-0.39, 0.29) is 22.4 Å². The highest BCUT2D eigenvalue weighted by molar-refractivity contribution is 7.99. The van der Waals surface area contributed by atoms with E-state index >= 15 is 0 Å². The van der Waals surface area contributed by atoms with Gasteiger partial charge in [0.1, 0.15) is 0 Å². The van der Waals surface area contributed by atoms with Crippen LogP contribution in [0.3, 0.4) is 0 Å². The van der Waals surface area contributed by atoms with Gasteiger partial charge in [0, 0.05) is 12.1 Å². The molecule has 0 fully saturated rings. The van der Waals surface area contributed by atoms with Gasteiger partial charge in [-0.3, -0.25) is 9.59 Å². The Morgan fingerprint density at radius 1 is 1.20 bits per heavy atom. The number of allylic oxidation sites excluding steroid dienone is 1. The fourth-order valence-corrected chi connectivity index (χ4v) is 4.00. The largest absolute Gasteiger partial charge is 0.416 e. The van der Waals surface area contributed by atoms with Crippen molar-refractivity contribution < 1.29 is 22.8 Å². The topological polar surface area (TPSA) is 88.9 Å². The molecule has 0 unspecified atom stereocenters. The molecule has 3 aromatic rings. The number of benzene rings is 2. The molecule has 0 radical (unpaired) electrons. The summed E-state index contributed by atoms with van der Waals surface area (Å²) in [5.41, 5.74) is -0.571. The molecule has 7 nitrogen and oxygen atoms in total. The maximum absolute atomic E-state index is 13.0. The van der Waals surface area contributed by atoms with E-state index in [9.17, 15) is 22.8 Å². The summed E-state index contributed by atoms with van der Waals surface area (Å²) in [6, 6.07) is 10.9. The molecular formula is C23H21ClF3N5O2S. The van der Waals surface area contributed by atoms with Crippen molar-refractivity contribution in [3.05, 3.63) is 83.2 Å². The van der Waals surface area contributed by atoms with E-state index in [0.717, 1.165) is 30.0 Å². The molecule has 1 heterocycles. The van der Waals surface area contributed by atoms with E-state index in [1.807, 2.05) is 6.07 Å². The van der Waals surface area contributed by atoms with Gasteiger partial charge in [-0.05, 0) is 37.3 Å². The molecule has 1 aromatic heterocycles. The molecule has 0 aliphatic rings. The molecule has 184 valence electrons. The van der Waals surface area contributed by atoms with E-state index in [0.29, 0.717) is 23.1 Å². The number of hydrogen-bond acceptors (Lipinski definition) is 5. The predicted octanol–water partition coefficient (Wildman–Crippen LogP) is 5.36. The van der Waals surface area contributed by atoms with Gasteiger partial charge in [0.15, 0.2) is 11.0 Å². The van der Waals surface area contributed by atoms with Crippen LogP contribution in [-0.2, 0) is 17.5 Å². The van der Waals surface area contributed by atoms with E-state index in [4.69, 9.17) is 11.6 Å². The van der Waals surface area contributed by atoms with Gasteiger partial charge in [-0.15, -0.1) is 16.8 Å². The first-order valence-corrected chi connectivity index (χ1v) is 11.7. The van der Waals surface area contributed by atoms with Crippen LogP contribution in [0.2, 0.25) is 5.02 Å². The minimum Gasteiger partial charge on any atom is -0.342 e. The molecule has 2 amide bonds. The number of nitrogens with zero attached hydrogens (tertiary/aromatic N) is 3. The van der Waals surface area contributed by atoms with Crippen LogP contribution in [0.4, 0.5) is 18.9 Å². The van der Waals surface area contributed by atoms with Gasteiger partial charge >= 0.3 is 6.18 Å². The summed E-state index contributed by atoms with van der Waals surface area (Å²) in [6.07, 6.45) is -2.95. The van der Waals surface area contributed by atoms with Gasteiger partial charge in [-0.1, -0.05) is 47.6 Å². The second-order valence-corrected chi connectivity index (χ2v) is 8.68. The number of carbonyl (C=O) groups is 2. The first-order chi connectivity index (χ1) is 16.6. The zero-order valence-electron chi connectivity index (χ0n) is 18.5. The standard InChI is InChI=1S/C23H21ClF3N5O2S/c1-3-11-32-20(14(2)28-21(34)15-7-5-4-6-8-15)30-31-22(32)35-13-19(33)29-18-12-16(23(25,26)27)9-10-17(18)24/h3-10,12,14H,1,11,13H2,2H3,(H,28,34)(H,29,33)/t14-/m1/s1. The summed E-state index contributed by atoms with van der Waals surface area (Å²) in [7, 11) is 0. The summed E-state index contributed by atoms with van der Waals surface area (Å²) < 4.78 is 40.6. The number of aromatic nitrogens is 3. The number of alkyl halides is 3. The highest BCUT2D eigenvalue weighted by Crippen LogP contribution is 2.34. The van der Waals surface area contributed by atoms with Gasteiger partial charge in [-0.25, -0.2) is 0 Å². The van der Waals surface area contributed by atoms with Gasteiger partial charge in [0.2, 0.25) is 5.91 Å². The fraction of sp³-hybridized carbons (Fsp3) is 0.217. The third-order valence-electron chi connectivity index (χ3n) is 4.73. The molecular weight excluding hydrogens is 503 g/mol. The lowest BCUT2D eigenvalue weighted by Gasteiger charge is -2.15. The van der Waals surface area contributed by atoms with Crippen molar-refractivity contribution in [2.24, 2.45) is 0 Å². The normalized spacial score (nSPS) is 12.1. The molecule has 3 rings (SSSR count). The van der Waals surface area contributed by atoms with Crippen LogP contribution >= 0.6 is 23.4 Å². The Bertz CT molecular complexity index is 1220. The Kier molecular flexibility index (Phi) is 8.57. The van der Waals surface area contributed by atoms with Crippen molar-refractivity contribution >= 4 is 40.9 Å². The Labute approximate surface area is 208 Å². The fourth-order valence-electron chi connectivity index (χ4n) is 3.08. The molecule has 0 bridgehead atoms. The number of carbonyl (C=O) groups excluding carboxylic acids is 2. The van der Waals surface area contributed by atoms with Crippen LogP contribution in [-0.4, -0.2) is 32.3 Å². The molecule has 2 N–H and O–H groups in total. The van der Waals surface area contributed by atoms with Crippen LogP contribution in [0.5, 0.6) is 0 Å². The van der Waals surface area contributed by atoms with E-state index < -0.39 is 23.7 Å². The van der Waals surface area contributed by atoms with Crippen LogP contribution < -0.4 is 10.6 Å². The van der Waals surface area contributed by atoms with Gasteiger partial charge in [0.05, 0.1) is 28.1 Å². The summed E-state index contributed by atoms with van der Waals surface area (Å²) in [5, 5.41) is 13.9. The second-order valence-electron chi connectivity index (χ2n) is 7.33. The van der Waals surface area contributed by atoms with E-state index in [1.54, 1.807) is 41.8 Å². The molecule has 0 aliphatic heterocycles. The average molecular weight is 524 g/mol. The van der Waals surface area contributed by atoms with Crippen molar-refractivity contribution in [2.45, 2.75) is 30.8 Å². The zero-order valence-corrected chi connectivity index (χ0v) is 20.0. The number of rotatable bonds is 9. The molecule has 12 heteroatoms. The molecule has 0 aliphatic carbocycles. The minimum absolute atomic E-state index is 0.0172. The van der Waals surface area contributed by atoms with Crippen molar-refractivity contribution in [3.8, 4) is 0 Å². The Balaban J connectivity index is 1.68. The molecule has 0 saturated carbocycles. The first kappa shape index (κ1) is 26.3. The van der Waals surface area contributed by atoms with E-state index in [2.05, 4.69) is 27.4 Å². The van der Waals surface area contributed by atoms with Gasteiger partial charge in [0.25, 0.3) is 5.91 Å². The maximum Gasteiger partial charge on any atom is 0.416 e. The highest BCUT2D eigenvalue weighted by atomic mass is 35.5. The molecule has 0 spiro atoms. The zero-order chi connectivity index (χ0) is 25.6. The van der Waals surface area contributed by atoms with Crippen molar-refractivity contribution in [1.29, 1.82) is 0 Å². The lowest BCUT2D eigenvalue weighted by atomic mass is 10.2. The van der Waals surface area contributed by atoms with Crippen molar-refractivity contribution in [2.75, 3.05) is 11.1 Å².